The lowest BCUT2D eigenvalue weighted by atomic mass is 10.0. The monoisotopic (exact) mass is 442 g/mol. The molecule has 0 aliphatic rings. The van der Waals surface area contributed by atoms with E-state index in [2.05, 4.69) is 15.3 Å². The number of benzene rings is 3. The van der Waals surface area contributed by atoms with Gasteiger partial charge >= 0.3 is 0 Å². The summed E-state index contributed by atoms with van der Waals surface area (Å²) in [5.74, 6) is -0.503. The number of aromatic nitrogens is 2. The number of imidazole rings is 1. The number of aryl methyl sites for hydroxylation is 1. The van der Waals surface area contributed by atoms with Gasteiger partial charge in [0.25, 0.3) is 0 Å². The molecular formula is C25H23FN6O. The Morgan fingerprint density at radius 2 is 1.82 bits per heavy atom. The Morgan fingerprint density at radius 3 is 2.52 bits per heavy atom. The van der Waals surface area contributed by atoms with E-state index in [0.29, 0.717) is 39.5 Å². The van der Waals surface area contributed by atoms with E-state index in [1.165, 1.54) is 6.07 Å². The number of nitrogens with two attached hydrogens (primary N) is 2. The fraction of sp³-hybridized carbons (Fsp3) is 0.0800. The predicted octanol–water partition coefficient (Wildman–Crippen LogP) is 4.11. The third-order valence-corrected chi connectivity index (χ3v) is 5.32. The van der Waals surface area contributed by atoms with Crippen LogP contribution in [0.4, 0.5) is 10.1 Å². The largest absolute Gasteiger partial charge is 0.384 e. The lowest BCUT2D eigenvalue weighted by molar-refractivity contribution is 0.100. The number of nitrogens with zero attached hydrogens (tertiary/aromatic N) is 1. The summed E-state index contributed by atoms with van der Waals surface area (Å²) < 4.78 is 14.9. The van der Waals surface area contributed by atoms with Gasteiger partial charge in [-0.05, 0) is 43.3 Å². The van der Waals surface area contributed by atoms with Crippen LogP contribution in [0.3, 0.4) is 0 Å². The number of amidine groups is 1. The minimum absolute atomic E-state index is 0.0355. The van der Waals surface area contributed by atoms with Crippen LogP contribution in [0.1, 0.15) is 38.9 Å². The Bertz CT molecular complexity index is 1330. The zero-order valence-electron chi connectivity index (χ0n) is 17.9. The van der Waals surface area contributed by atoms with E-state index in [-0.39, 0.29) is 11.7 Å². The number of carbonyl (C=O) groups excluding carboxylic acids is 1. The standard InChI is InChI=1S/C25H23FN6O/c1-14-6-11-20(26)19(12-14)22(31-16-9-7-15(8-10-16)23(27)28)25-30-13-21(32-25)17-4-2-3-5-18(17)24(29)33/h2-13,22,31H,1H3,(H3,27,28)(H2,29,33)(H,30,32). The molecule has 33 heavy (non-hydrogen) atoms. The topological polar surface area (TPSA) is 134 Å². The summed E-state index contributed by atoms with van der Waals surface area (Å²) >= 11 is 0. The van der Waals surface area contributed by atoms with Gasteiger partial charge in [-0.2, -0.15) is 0 Å². The van der Waals surface area contributed by atoms with Gasteiger partial charge in [-0.1, -0.05) is 35.9 Å². The molecule has 4 rings (SSSR count). The highest BCUT2D eigenvalue weighted by atomic mass is 19.1. The molecule has 0 saturated heterocycles. The average Bonchev–Trinajstić information content (AvgIpc) is 3.29. The molecule has 7 N–H and O–H groups in total. The third kappa shape index (κ3) is 4.59. The number of H-pyrrole nitrogens is 1. The van der Waals surface area contributed by atoms with Gasteiger partial charge < -0.3 is 21.8 Å². The number of carbonyl (C=O) groups is 1. The molecular weight excluding hydrogens is 419 g/mol. The molecule has 4 aromatic rings. The number of nitrogen functional groups attached to an aromatic ring is 1. The number of aromatic amines is 1. The van der Waals surface area contributed by atoms with Gasteiger partial charge in [0.05, 0.1) is 11.9 Å². The van der Waals surface area contributed by atoms with Crippen LogP contribution in [-0.2, 0) is 0 Å². The molecule has 0 bridgehead atoms. The molecule has 7 nitrogen and oxygen atoms in total. The van der Waals surface area contributed by atoms with Gasteiger partial charge in [0.15, 0.2) is 0 Å². The van der Waals surface area contributed by atoms with E-state index in [0.717, 1.165) is 5.56 Å². The smallest absolute Gasteiger partial charge is 0.249 e. The summed E-state index contributed by atoms with van der Waals surface area (Å²) in [6.07, 6.45) is 1.60. The second-order valence-corrected chi connectivity index (χ2v) is 7.69. The number of hydrogen-bond donors (Lipinski definition) is 5. The third-order valence-electron chi connectivity index (χ3n) is 5.32. The van der Waals surface area contributed by atoms with Crippen molar-refractivity contribution in [3.05, 3.63) is 107 Å². The zero-order chi connectivity index (χ0) is 23.5. The van der Waals surface area contributed by atoms with E-state index in [1.807, 2.05) is 6.92 Å². The maximum atomic E-state index is 14.9. The van der Waals surface area contributed by atoms with Crippen molar-refractivity contribution in [2.75, 3.05) is 5.32 Å². The molecule has 1 amide bonds. The van der Waals surface area contributed by atoms with Crippen LogP contribution in [0, 0.1) is 18.2 Å². The van der Waals surface area contributed by atoms with Crippen molar-refractivity contribution in [3.8, 4) is 11.3 Å². The first-order valence-corrected chi connectivity index (χ1v) is 10.2. The first-order valence-electron chi connectivity index (χ1n) is 10.2. The first-order chi connectivity index (χ1) is 15.8. The molecule has 1 unspecified atom stereocenters. The normalized spacial score (nSPS) is 11.7. The Hall–Kier alpha value is -4.46. The Kier molecular flexibility index (Phi) is 5.91. The molecule has 1 heterocycles. The van der Waals surface area contributed by atoms with Gasteiger partial charge in [0.2, 0.25) is 5.91 Å². The van der Waals surface area contributed by atoms with Crippen molar-refractivity contribution < 1.29 is 9.18 Å². The molecule has 1 aromatic heterocycles. The van der Waals surface area contributed by atoms with E-state index in [1.54, 1.807) is 66.9 Å². The lowest BCUT2D eigenvalue weighted by Crippen LogP contribution is -2.16. The highest BCUT2D eigenvalue weighted by molar-refractivity contribution is 5.99. The summed E-state index contributed by atoms with van der Waals surface area (Å²) in [6, 6.07) is 18.1. The molecule has 0 aliphatic carbocycles. The molecule has 8 heteroatoms. The van der Waals surface area contributed by atoms with Gasteiger partial charge in [-0.15, -0.1) is 0 Å². The van der Waals surface area contributed by atoms with Gasteiger partial charge in [-0.3, -0.25) is 10.2 Å². The number of hydrogen-bond acceptors (Lipinski definition) is 4. The summed E-state index contributed by atoms with van der Waals surface area (Å²) in [7, 11) is 0. The van der Waals surface area contributed by atoms with E-state index >= 15 is 0 Å². The summed E-state index contributed by atoms with van der Waals surface area (Å²) in [5, 5.41) is 10.9. The predicted molar refractivity (Wildman–Crippen MR) is 127 cm³/mol. The van der Waals surface area contributed by atoms with Crippen molar-refractivity contribution in [3.63, 3.8) is 0 Å². The molecule has 3 aromatic carbocycles. The SMILES string of the molecule is Cc1ccc(F)c(C(Nc2ccc(C(=N)N)cc2)c2ncc(-c3ccccc3C(N)=O)[nH]2)c1. The van der Waals surface area contributed by atoms with Crippen LogP contribution in [0.15, 0.2) is 72.9 Å². The number of halogens is 1. The van der Waals surface area contributed by atoms with E-state index in [4.69, 9.17) is 16.9 Å². The van der Waals surface area contributed by atoms with Gasteiger partial charge in [-0.25, -0.2) is 9.37 Å². The van der Waals surface area contributed by atoms with Crippen LogP contribution in [-0.4, -0.2) is 21.7 Å². The Balaban J connectivity index is 1.77. The fourth-order valence-electron chi connectivity index (χ4n) is 3.64. The molecule has 0 fully saturated rings. The Labute approximate surface area is 190 Å². The van der Waals surface area contributed by atoms with Crippen LogP contribution in [0.5, 0.6) is 0 Å². The number of anilines is 1. The van der Waals surface area contributed by atoms with Crippen molar-refractivity contribution in [1.29, 1.82) is 5.41 Å². The Morgan fingerprint density at radius 1 is 1.09 bits per heavy atom. The van der Waals surface area contributed by atoms with Crippen LogP contribution < -0.4 is 16.8 Å². The first kappa shape index (κ1) is 21.8. The summed E-state index contributed by atoms with van der Waals surface area (Å²) in [5.41, 5.74) is 15.2. The second-order valence-electron chi connectivity index (χ2n) is 7.69. The minimum atomic E-state index is -0.650. The fourth-order valence-corrected chi connectivity index (χ4v) is 3.64. The van der Waals surface area contributed by atoms with Crippen LogP contribution in [0.2, 0.25) is 0 Å². The second kappa shape index (κ2) is 8.96. The highest BCUT2D eigenvalue weighted by Gasteiger charge is 2.22. The van der Waals surface area contributed by atoms with Crippen LogP contribution >= 0.6 is 0 Å². The van der Waals surface area contributed by atoms with E-state index in [9.17, 15) is 9.18 Å². The number of nitrogens with one attached hydrogen (secondary N) is 3. The summed E-state index contributed by atoms with van der Waals surface area (Å²) in [4.78, 5) is 19.6. The van der Waals surface area contributed by atoms with Gasteiger partial charge in [0.1, 0.15) is 23.5 Å². The van der Waals surface area contributed by atoms with Crippen molar-refractivity contribution >= 4 is 17.4 Å². The summed E-state index contributed by atoms with van der Waals surface area (Å²) in [6.45, 7) is 1.89. The van der Waals surface area contributed by atoms with Crippen molar-refractivity contribution in [2.24, 2.45) is 11.5 Å². The van der Waals surface area contributed by atoms with Crippen molar-refractivity contribution in [2.45, 2.75) is 13.0 Å². The van der Waals surface area contributed by atoms with Crippen molar-refractivity contribution in [1.82, 2.24) is 9.97 Å². The number of amides is 1. The number of primary amides is 1. The van der Waals surface area contributed by atoms with E-state index < -0.39 is 11.9 Å². The minimum Gasteiger partial charge on any atom is -0.384 e. The number of rotatable bonds is 7. The quantitative estimate of drug-likeness (QED) is 0.217. The highest BCUT2D eigenvalue weighted by Crippen LogP contribution is 2.30. The average molecular weight is 442 g/mol. The molecule has 0 aliphatic heterocycles. The van der Waals surface area contributed by atoms with Gasteiger partial charge in [0, 0.05) is 27.9 Å². The van der Waals surface area contributed by atoms with Crippen LogP contribution in [0.25, 0.3) is 11.3 Å². The molecule has 0 spiro atoms. The zero-order valence-corrected chi connectivity index (χ0v) is 17.9. The lowest BCUT2D eigenvalue weighted by Gasteiger charge is -2.20. The molecule has 166 valence electrons. The molecule has 1 atom stereocenters. The maximum absolute atomic E-state index is 14.9. The molecule has 0 radical (unpaired) electrons. The molecule has 0 saturated carbocycles. The maximum Gasteiger partial charge on any atom is 0.249 e.